The van der Waals surface area contributed by atoms with Crippen molar-refractivity contribution < 1.29 is 0 Å². The average molecular weight is 466 g/mol. The average Bonchev–Trinajstić information content (AvgIpc) is 3.37. The van der Waals surface area contributed by atoms with Gasteiger partial charge in [0.2, 0.25) is 0 Å². The van der Waals surface area contributed by atoms with Crippen LogP contribution >= 0.6 is 23.4 Å². The number of benzene rings is 2. The van der Waals surface area contributed by atoms with E-state index in [1.54, 1.807) is 23.9 Å². The predicted octanol–water partition coefficient (Wildman–Crippen LogP) is 4.38. The van der Waals surface area contributed by atoms with E-state index in [2.05, 4.69) is 22.1 Å². The van der Waals surface area contributed by atoms with Crippen molar-refractivity contribution in [2.75, 3.05) is 0 Å². The molecule has 2 N–H and O–H groups in total. The molecule has 0 saturated carbocycles. The standard InChI is InChI=1S/C23H20ClN5O2S/c1-2-28-18(13-32-19-11-15-5-3-4-6-17(15)25-19)26-21-20(28)22(30)27-23(31)29(21)12-14-7-9-16(24)10-8-14/h3-11,25H,2,12-13H2,1H3,(H,27,30,31). The minimum atomic E-state index is -0.479. The molecule has 32 heavy (non-hydrogen) atoms. The normalized spacial score (nSPS) is 11.6. The van der Waals surface area contributed by atoms with Crippen LogP contribution < -0.4 is 11.2 Å². The van der Waals surface area contributed by atoms with Crippen LogP contribution in [0, 0.1) is 0 Å². The minimum absolute atomic E-state index is 0.290. The molecule has 3 heterocycles. The summed E-state index contributed by atoms with van der Waals surface area (Å²) in [7, 11) is 0. The lowest BCUT2D eigenvalue weighted by atomic mass is 10.2. The van der Waals surface area contributed by atoms with Gasteiger partial charge in [-0.05, 0) is 36.8 Å². The highest BCUT2D eigenvalue weighted by atomic mass is 35.5. The Morgan fingerprint density at radius 2 is 1.81 bits per heavy atom. The van der Waals surface area contributed by atoms with E-state index >= 15 is 0 Å². The van der Waals surface area contributed by atoms with Crippen LogP contribution in [0.1, 0.15) is 18.3 Å². The zero-order chi connectivity index (χ0) is 22.2. The summed E-state index contributed by atoms with van der Waals surface area (Å²) < 4.78 is 3.38. The SMILES string of the molecule is CCn1c(CSc2cc3ccccc3[nH]2)nc2c1c(=O)[nH]c(=O)n2Cc1ccc(Cl)cc1. The molecule has 0 bridgehead atoms. The van der Waals surface area contributed by atoms with Crippen molar-refractivity contribution in [2.45, 2.75) is 30.8 Å². The molecular weight excluding hydrogens is 446 g/mol. The molecule has 5 aromatic rings. The second kappa shape index (κ2) is 8.37. The Morgan fingerprint density at radius 3 is 2.56 bits per heavy atom. The predicted molar refractivity (Wildman–Crippen MR) is 129 cm³/mol. The maximum absolute atomic E-state index is 12.7. The van der Waals surface area contributed by atoms with Gasteiger partial charge in [0.1, 0.15) is 5.82 Å². The lowest BCUT2D eigenvalue weighted by molar-refractivity contribution is 0.736. The number of imidazole rings is 1. The Labute approximate surface area is 192 Å². The van der Waals surface area contributed by atoms with Crippen LogP contribution in [0.2, 0.25) is 5.02 Å². The number of hydrogen-bond acceptors (Lipinski definition) is 4. The molecule has 0 atom stereocenters. The van der Waals surface area contributed by atoms with E-state index in [-0.39, 0.29) is 0 Å². The molecule has 0 aliphatic carbocycles. The molecule has 0 fully saturated rings. The van der Waals surface area contributed by atoms with Crippen molar-refractivity contribution in [3.8, 4) is 0 Å². The van der Waals surface area contributed by atoms with Crippen molar-refractivity contribution >= 4 is 45.4 Å². The van der Waals surface area contributed by atoms with Gasteiger partial charge in [-0.25, -0.2) is 9.78 Å². The van der Waals surface area contributed by atoms with Gasteiger partial charge in [-0.3, -0.25) is 14.3 Å². The monoisotopic (exact) mass is 465 g/mol. The van der Waals surface area contributed by atoms with E-state index in [0.717, 1.165) is 27.3 Å². The molecule has 2 aromatic carbocycles. The first kappa shape index (κ1) is 20.7. The Kier molecular flexibility index (Phi) is 5.40. The molecule has 5 rings (SSSR count). The maximum atomic E-state index is 12.7. The molecule has 3 aromatic heterocycles. The van der Waals surface area contributed by atoms with Crippen molar-refractivity contribution in [3.05, 3.63) is 91.8 Å². The summed E-state index contributed by atoms with van der Waals surface area (Å²) in [5.74, 6) is 1.30. The van der Waals surface area contributed by atoms with Gasteiger partial charge < -0.3 is 9.55 Å². The first-order valence-electron chi connectivity index (χ1n) is 10.2. The molecular formula is C23H20ClN5O2S. The quantitative estimate of drug-likeness (QED) is 0.364. The van der Waals surface area contributed by atoms with Gasteiger partial charge in [-0.15, -0.1) is 11.8 Å². The molecule has 9 heteroatoms. The van der Waals surface area contributed by atoms with Crippen molar-refractivity contribution in [3.63, 3.8) is 0 Å². The van der Waals surface area contributed by atoms with E-state index in [0.29, 0.717) is 35.0 Å². The second-order valence-electron chi connectivity index (χ2n) is 7.43. The number of halogens is 1. The van der Waals surface area contributed by atoms with Crippen LogP contribution in [0.3, 0.4) is 0 Å². The van der Waals surface area contributed by atoms with Gasteiger partial charge in [0.05, 0.1) is 17.3 Å². The highest BCUT2D eigenvalue weighted by Gasteiger charge is 2.18. The number of nitrogens with zero attached hydrogens (tertiary/aromatic N) is 3. The van der Waals surface area contributed by atoms with Crippen LogP contribution in [-0.4, -0.2) is 24.1 Å². The highest BCUT2D eigenvalue weighted by molar-refractivity contribution is 7.98. The Hall–Kier alpha value is -3.23. The Bertz CT molecular complexity index is 1510. The van der Waals surface area contributed by atoms with Crippen LogP contribution in [0.15, 0.2) is 69.2 Å². The summed E-state index contributed by atoms with van der Waals surface area (Å²) in [4.78, 5) is 35.9. The number of H-pyrrole nitrogens is 2. The molecule has 0 spiro atoms. The summed E-state index contributed by atoms with van der Waals surface area (Å²) in [6.07, 6.45) is 0. The van der Waals surface area contributed by atoms with Gasteiger partial charge in [-0.2, -0.15) is 0 Å². The summed E-state index contributed by atoms with van der Waals surface area (Å²) in [5.41, 5.74) is 1.87. The summed E-state index contributed by atoms with van der Waals surface area (Å²) in [6, 6.07) is 17.5. The van der Waals surface area contributed by atoms with Gasteiger partial charge >= 0.3 is 5.69 Å². The maximum Gasteiger partial charge on any atom is 0.330 e. The molecule has 0 radical (unpaired) electrons. The van der Waals surface area contributed by atoms with E-state index < -0.39 is 11.2 Å². The summed E-state index contributed by atoms with van der Waals surface area (Å²) in [6.45, 7) is 2.83. The fourth-order valence-electron chi connectivity index (χ4n) is 3.85. The van der Waals surface area contributed by atoms with Gasteiger partial charge in [0, 0.05) is 22.5 Å². The molecule has 0 amide bonds. The largest absolute Gasteiger partial charge is 0.350 e. The Morgan fingerprint density at radius 1 is 1.03 bits per heavy atom. The van der Waals surface area contributed by atoms with Crippen molar-refractivity contribution in [1.82, 2.24) is 24.1 Å². The molecule has 0 aliphatic heterocycles. The van der Waals surface area contributed by atoms with Crippen LogP contribution in [-0.2, 0) is 18.8 Å². The van der Waals surface area contributed by atoms with Gasteiger partial charge in [-0.1, -0.05) is 41.9 Å². The van der Waals surface area contributed by atoms with E-state index in [9.17, 15) is 9.59 Å². The fraction of sp³-hybridized carbons (Fsp3) is 0.174. The van der Waals surface area contributed by atoms with E-state index in [1.165, 1.54) is 4.57 Å². The summed E-state index contributed by atoms with van der Waals surface area (Å²) >= 11 is 7.59. The first-order valence-corrected chi connectivity index (χ1v) is 11.6. The third-order valence-electron chi connectivity index (χ3n) is 5.40. The Balaban J connectivity index is 1.54. The lowest BCUT2D eigenvalue weighted by Crippen LogP contribution is -2.31. The number of aromatic amines is 2. The highest BCUT2D eigenvalue weighted by Crippen LogP contribution is 2.27. The topological polar surface area (TPSA) is 88.5 Å². The third-order valence-corrected chi connectivity index (χ3v) is 6.58. The zero-order valence-electron chi connectivity index (χ0n) is 17.3. The fourth-order valence-corrected chi connectivity index (χ4v) is 4.88. The number of hydrogen-bond donors (Lipinski definition) is 2. The molecule has 0 saturated heterocycles. The number of rotatable bonds is 6. The van der Waals surface area contributed by atoms with Gasteiger partial charge in [0.25, 0.3) is 5.56 Å². The minimum Gasteiger partial charge on any atom is -0.350 e. The van der Waals surface area contributed by atoms with Crippen LogP contribution in [0.5, 0.6) is 0 Å². The number of fused-ring (bicyclic) bond motifs is 2. The lowest BCUT2D eigenvalue weighted by Gasteiger charge is -2.07. The third kappa shape index (κ3) is 3.76. The van der Waals surface area contributed by atoms with Crippen molar-refractivity contribution in [2.24, 2.45) is 0 Å². The summed E-state index contributed by atoms with van der Waals surface area (Å²) in [5, 5.41) is 2.79. The first-order chi connectivity index (χ1) is 15.5. The van der Waals surface area contributed by atoms with Crippen LogP contribution in [0.25, 0.3) is 22.1 Å². The number of thioether (sulfide) groups is 1. The molecule has 7 nitrogen and oxygen atoms in total. The van der Waals surface area contributed by atoms with Crippen LogP contribution in [0.4, 0.5) is 0 Å². The van der Waals surface area contributed by atoms with E-state index in [1.807, 2.05) is 41.8 Å². The number of aryl methyl sites for hydroxylation is 1. The molecule has 162 valence electrons. The van der Waals surface area contributed by atoms with E-state index in [4.69, 9.17) is 16.6 Å². The molecule has 0 aliphatic rings. The number of para-hydroxylation sites is 1. The smallest absolute Gasteiger partial charge is 0.330 e. The second-order valence-corrected chi connectivity index (χ2v) is 8.88. The van der Waals surface area contributed by atoms with Gasteiger partial charge in [0.15, 0.2) is 11.2 Å². The zero-order valence-corrected chi connectivity index (χ0v) is 18.8. The number of aromatic nitrogens is 5. The number of nitrogens with one attached hydrogen (secondary N) is 2. The molecule has 0 unspecified atom stereocenters. The van der Waals surface area contributed by atoms with Crippen molar-refractivity contribution in [1.29, 1.82) is 0 Å².